The minimum atomic E-state index is -0.614. The molecule has 0 saturated heterocycles. The summed E-state index contributed by atoms with van der Waals surface area (Å²) in [6.07, 6.45) is 1.66. The van der Waals surface area contributed by atoms with E-state index in [-0.39, 0.29) is 17.0 Å². The Bertz CT molecular complexity index is 843. The lowest BCUT2D eigenvalue weighted by atomic mass is 9.96. The molecule has 0 aliphatic rings. The fraction of sp³-hybridized carbons (Fsp3) is 0.235. The third-order valence-corrected chi connectivity index (χ3v) is 3.67. The van der Waals surface area contributed by atoms with Crippen LogP contribution in [0.3, 0.4) is 0 Å². The normalized spacial score (nSPS) is 11.6. The summed E-state index contributed by atoms with van der Waals surface area (Å²) < 4.78 is 43.8. The zero-order chi connectivity index (χ0) is 16.0. The first-order chi connectivity index (χ1) is 10.4. The van der Waals surface area contributed by atoms with Gasteiger partial charge in [0.15, 0.2) is 5.82 Å². The van der Waals surface area contributed by atoms with E-state index in [0.717, 1.165) is 0 Å². The number of aryl methyl sites for hydroxylation is 1. The second-order valence-corrected chi connectivity index (χ2v) is 5.71. The molecule has 0 N–H and O–H groups in total. The van der Waals surface area contributed by atoms with Gasteiger partial charge < -0.3 is 0 Å². The molecular formula is C17H15F3N2. The van der Waals surface area contributed by atoms with Gasteiger partial charge >= 0.3 is 0 Å². The molecule has 114 valence electrons. The molecule has 5 heteroatoms. The summed E-state index contributed by atoms with van der Waals surface area (Å²) in [5.74, 6) is -2.00. The molecule has 0 fully saturated rings. The van der Waals surface area contributed by atoms with Crippen molar-refractivity contribution in [3.05, 3.63) is 53.5 Å². The van der Waals surface area contributed by atoms with Crippen molar-refractivity contribution < 1.29 is 13.2 Å². The summed E-state index contributed by atoms with van der Waals surface area (Å²) in [7, 11) is 1.69. The molecule has 0 atom stereocenters. The maximum atomic E-state index is 14.1. The van der Waals surface area contributed by atoms with Gasteiger partial charge in [-0.2, -0.15) is 5.10 Å². The van der Waals surface area contributed by atoms with E-state index in [1.54, 1.807) is 33.2 Å². The number of benzene rings is 2. The molecule has 2 nitrogen and oxygen atoms in total. The van der Waals surface area contributed by atoms with Crippen LogP contribution in [0, 0.1) is 17.5 Å². The van der Waals surface area contributed by atoms with E-state index < -0.39 is 17.5 Å². The van der Waals surface area contributed by atoms with E-state index >= 15 is 0 Å². The van der Waals surface area contributed by atoms with E-state index in [1.807, 2.05) is 0 Å². The Morgan fingerprint density at radius 2 is 1.45 bits per heavy atom. The predicted molar refractivity (Wildman–Crippen MR) is 80.1 cm³/mol. The van der Waals surface area contributed by atoms with E-state index in [2.05, 4.69) is 5.10 Å². The lowest BCUT2D eigenvalue weighted by Crippen LogP contribution is -1.99. The number of halogens is 3. The van der Waals surface area contributed by atoms with Gasteiger partial charge in [-0.3, -0.25) is 4.68 Å². The molecule has 2 aromatic carbocycles. The zero-order valence-corrected chi connectivity index (χ0v) is 12.5. The summed E-state index contributed by atoms with van der Waals surface area (Å²) in [6.45, 7) is 3.45. The molecule has 0 unspecified atom stereocenters. The number of hydrogen-bond donors (Lipinski definition) is 0. The van der Waals surface area contributed by atoms with Crippen LogP contribution in [0.5, 0.6) is 0 Å². The van der Waals surface area contributed by atoms with E-state index in [1.165, 1.54) is 22.9 Å². The Labute approximate surface area is 126 Å². The first-order valence-electron chi connectivity index (χ1n) is 6.99. The molecule has 1 heterocycles. The maximum Gasteiger partial charge on any atom is 0.151 e. The predicted octanol–water partition coefficient (Wildman–Crippen LogP) is 4.78. The van der Waals surface area contributed by atoms with Crippen molar-refractivity contribution >= 4 is 10.9 Å². The van der Waals surface area contributed by atoms with Crippen molar-refractivity contribution in [2.24, 2.45) is 7.05 Å². The van der Waals surface area contributed by atoms with Gasteiger partial charge in [0.05, 0.1) is 0 Å². The Balaban J connectivity index is 2.19. The molecule has 3 aromatic rings. The van der Waals surface area contributed by atoms with Gasteiger partial charge in [0.2, 0.25) is 0 Å². The van der Waals surface area contributed by atoms with E-state index in [4.69, 9.17) is 0 Å². The minimum absolute atomic E-state index is 0.0478. The smallest absolute Gasteiger partial charge is 0.151 e. The quantitative estimate of drug-likeness (QED) is 0.666. The second-order valence-electron chi connectivity index (χ2n) is 5.71. The third-order valence-electron chi connectivity index (χ3n) is 3.67. The fourth-order valence-electron chi connectivity index (χ4n) is 2.68. The molecule has 0 amide bonds. The van der Waals surface area contributed by atoms with Crippen LogP contribution in [0.1, 0.15) is 25.3 Å². The number of aromatic nitrogens is 2. The molecule has 0 aliphatic carbocycles. The highest BCUT2D eigenvalue weighted by Gasteiger charge is 2.16. The van der Waals surface area contributed by atoms with Gasteiger partial charge in [-0.25, -0.2) is 13.2 Å². The van der Waals surface area contributed by atoms with Crippen molar-refractivity contribution in [1.29, 1.82) is 0 Å². The molecule has 0 saturated carbocycles. The van der Waals surface area contributed by atoms with Gasteiger partial charge in [0.1, 0.15) is 17.2 Å². The molecule has 1 aromatic heterocycles. The molecular weight excluding hydrogens is 289 g/mol. The van der Waals surface area contributed by atoms with Crippen LogP contribution in [-0.2, 0) is 7.05 Å². The number of fused-ring (bicyclic) bond motifs is 1. The Kier molecular flexibility index (Phi) is 3.43. The standard InChI is InChI=1S/C17H15F3N2/c1-9(2)16-13(18)5-11(6-14(16)19)10-4-12-8-22(3)21-17(12)15(20)7-10/h4-9H,1-3H3. The largest absolute Gasteiger partial charge is 0.274 e. The first kappa shape index (κ1) is 14.6. The van der Waals surface area contributed by atoms with Gasteiger partial charge in [-0.1, -0.05) is 13.8 Å². The van der Waals surface area contributed by atoms with Crippen molar-refractivity contribution in [3.63, 3.8) is 0 Å². The molecule has 0 aliphatic heterocycles. The summed E-state index contributed by atoms with van der Waals surface area (Å²) in [5, 5.41) is 4.60. The average Bonchev–Trinajstić information content (AvgIpc) is 2.78. The molecule has 22 heavy (non-hydrogen) atoms. The zero-order valence-electron chi connectivity index (χ0n) is 12.5. The number of nitrogens with zero attached hydrogens (tertiary/aromatic N) is 2. The van der Waals surface area contributed by atoms with Crippen LogP contribution < -0.4 is 0 Å². The van der Waals surface area contributed by atoms with Crippen molar-refractivity contribution in [2.75, 3.05) is 0 Å². The summed E-state index contributed by atoms with van der Waals surface area (Å²) in [5.41, 5.74) is 1.02. The van der Waals surface area contributed by atoms with E-state index in [0.29, 0.717) is 16.5 Å². The van der Waals surface area contributed by atoms with Gasteiger partial charge in [-0.15, -0.1) is 0 Å². The summed E-state index contributed by atoms with van der Waals surface area (Å²) >= 11 is 0. The van der Waals surface area contributed by atoms with Gasteiger partial charge in [-0.05, 0) is 41.3 Å². The molecule has 0 bridgehead atoms. The summed E-state index contributed by atoms with van der Waals surface area (Å²) in [6, 6.07) is 5.41. The van der Waals surface area contributed by atoms with E-state index in [9.17, 15) is 13.2 Å². The highest BCUT2D eigenvalue weighted by atomic mass is 19.1. The molecule has 0 radical (unpaired) electrons. The Hall–Kier alpha value is -2.30. The number of rotatable bonds is 2. The van der Waals surface area contributed by atoms with Crippen LogP contribution in [0.25, 0.3) is 22.0 Å². The number of hydrogen-bond acceptors (Lipinski definition) is 1. The van der Waals surface area contributed by atoms with Crippen molar-refractivity contribution in [1.82, 2.24) is 9.78 Å². The minimum Gasteiger partial charge on any atom is -0.274 e. The lowest BCUT2D eigenvalue weighted by molar-refractivity contribution is 0.542. The van der Waals surface area contributed by atoms with Crippen LogP contribution in [0.15, 0.2) is 30.5 Å². The SMILES string of the molecule is CC(C)c1c(F)cc(-c2cc(F)c3nn(C)cc3c2)cc1F. The Morgan fingerprint density at radius 3 is 2.05 bits per heavy atom. The topological polar surface area (TPSA) is 17.8 Å². The molecule has 3 rings (SSSR count). The highest BCUT2D eigenvalue weighted by molar-refractivity contribution is 5.84. The molecule has 0 spiro atoms. The first-order valence-corrected chi connectivity index (χ1v) is 6.99. The second kappa shape index (κ2) is 5.16. The third kappa shape index (κ3) is 2.36. The van der Waals surface area contributed by atoms with Crippen molar-refractivity contribution in [2.45, 2.75) is 19.8 Å². The van der Waals surface area contributed by atoms with Crippen LogP contribution >= 0.6 is 0 Å². The monoisotopic (exact) mass is 304 g/mol. The Morgan fingerprint density at radius 1 is 0.909 bits per heavy atom. The van der Waals surface area contributed by atoms with Crippen molar-refractivity contribution in [3.8, 4) is 11.1 Å². The van der Waals surface area contributed by atoms with Crippen LogP contribution in [0.4, 0.5) is 13.2 Å². The fourth-order valence-corrected chi connectivity index (χ4v) is 2.68. The van der Waals surface area contributed by atoms with Crippen LogP contribution in [0.2, 0.25) is 0 Å². The summed E-state index contributed by atoms with van der Waals surface area (Å²) in [4.78, 5) is 0. The lowest BCUT2D eigenvalue weighted by Gasteiger charge is -2.11. The average molecular weight is 304 g/mol. The van der Waals surface area contributed by atoms with Crippen LogP contribution in [-0.4, -0.2) is 9.78 Å². The van der Waals surface area contributed by atoms with Gasteiger partial charge in [0.25, 0.3) is 0 Å². The van der Waals surface area contributed by atoms with Gasteiger partial charge in [0, 0.05) is 24.2 Å². The highest BCUT2D eigenvalue weighted by Crippen LogP contribution is 2.31. The maximum absolute atomic E-state index is 14.1.